The third kappa shape index (κ3) is 17.8. The number of rotatable bonds is 28. The number of carbonyl (C=O) groups excluding carboxylic acids is 6. The molecule has 2 aliphatic carbocycles. The average molecular weight is 949 g/mol. The molecule has 0 bridgehead atoms. The van der Waals surface area contributed by atoms with Crippen LogP contribution in [0, 0.1) is 44.4 Å². The van der Waals surface area contributed by atoms with Gasteiger partial charge in [-0.3, -0.25) is 19.2 Å². The standard InChI is InChI=1S/C57H72O12/c1-6-53(60)66-34-14-10-8-12-32-64-48-28-16-42(17-29-48)37-50(58)44-20-24-46(25-21-44)56(62)68-52-36-39(3)55(41(5)40(52)4)69-57(63)47-26-22-45(23-27-47)51(59)38-43-18-30-49(31-19-43)65-33-13-9-11-15-35-67-54(61)7-2/h6-7,16-19,28-31,36,44-47H,1-2,8-15,20-27,32-35,37-38H2,3-5H3. The minimum absolute atomic E-state index is 0.103. The summed E-state index contributed by atoms with van der Waals surface area (Å²) < 4.78 is 33.7. The van der Waals surface area contributed by atoms with Gasteiger partial charge in [0.15, 0.2) is 0 Å². The summed E-state index contributed by atoms with van der Waals surface area (Å²) in [4.78, 5) is 75.6. The zero-order valence-corrected chi connectivity index (χ0v) is 41.0. The Kier molecular flexibility index (Phi) is 22.2. The second kappa shape index (κ2) is 28.5. The zero-order valence-electron chi connectivity index (χ0n) is 41.0. The van der Waals surface area contributed by atoms with Crippen molar-refractivity contribution < 1.29 is 57.2 Å². The molecule has 3 aromatic rings. The third-order valence-electron chi connectivity index (χ3n) is 13.5. The number of aryl methyl sites for hydroxylation is 1. The molecule has 372 valence electrons. The van der Waals surface area contributed by atoms with Crippen LogP contribution in [-0.4, -0.2) is 61.9 Å². The van der Waals surface area contributed by atoms with E-state index in [2.05, 4.69) is 13.2 Å². The van der Waals surface area contributed by atoms with Crippen LogP contribution in [0.3, 0.4) is 0 Å². The summed E-state index contributed by atoms with van der Waals surface area (Å²) in [5.74, 6) is 0.571. The van der Waals surface area contributed by atoms with Crippen molar-refractivity contribution in [3.05, 3.63) is 108 Å². The summed E-state index contributed by atoms with van der Waals surface area (Å²) >= 11 is 0. The summed E-state index contributed by atoms with van der Waals surface area (Å²) in [5, 5.41) is 0. The van der Waals surface area contributed by atoms with Crippen LogP contribution in [0.15, 0.2) is 79.9 Å². The molecule has 2 aliphatic rings. The number of Topliss-reactive ketones (excluding diaryl/α,β-unsaturated/α-hetero) is 2. The number of hydrogen-bond acceptors (Lipinski definition) is 12. The van der Waals surface area contributed by atoms with E-state index in [0.717, 1.165) is 85.1 Å². The van der Waals surface area contributed by atoms with E-state index in [9.17, 15) is 28.8 Å². The lowest BCUT2D eigenvalue weighted by Gasteiger charge is -2.27. The Morgan fingerprint density at radius 3 is 1.28 bits per heavy atom. The molecule has 0 spiro atoms. The Morgan fingerprint density at radius 2 is 0.870 bits per heavy atom. The highest BCUT2D eigenvalue weighted by atomic mass is 16.5. The molecule has 5 rings (SSSR count). The average Bonchev–Trinajstić information content (AvgIpc) is 3.36. The molecule has 0 unspecified atom stereocenters. The van der Waals surface area contributed by atoms with Gasteiger partial charge >= 0.3 is 23.9 Å². The van der Waals surface area contributed by atoms with Crippen molar-refractivity contribution in [1.29, 1.82) is 0 Å². The summed E-state index contributed by atoms with van der Waals surface area (Å²) in [7, 11) is 0. The maximum Gasteiger partial charge on any atom is 0.330 e. The van der Waals surface area contributed by atoms with Gasteiger partial charge in [-0.05, 0) is 182 Å². The fourth-order valence-electron chi connectivity index (χ4n) is 9.02. The second-order valence-corrected chi connectivity index (χ2v) is 18.6. The van der Waals surface area contributed by atoms with Crippen LogP contribution in [0.2, 0.25) is 0 Å². The lowest BCUT2D eigenvalue weighted by molar-refractivity contribution is -0.142. The molecular formula is C57H72O12. The van der Waals surface area contributed by atoms with Gasteiger partial charge in [-0.15, -0.1) is 0 Å². The first kappa shape index (κ1) is 53.9. The molecule has 0 aromatic heterocycles. The molecule has 0 amide bonds. The summed E-state index contributed by atoms with van der Waals surface area (Å²) in [5.41, 5.74) is 4.02. The van der Waals surface area contributed by atoms with Crippen LogP contribution in [0.4, 0.5) is 0 Å². The van der Waals surface area contributed by atoms with Crippen molar-refractivity contribution in [1.82, 2.24) is 0 Å². The molecular weight excluding hydrogens is 877 g/mol. The predicted octanol–water partition coefficient (Wildman–Crippen LogP) is 11.0. The van der Waals surface area contributed by atoms with Gasteiger partial charge in [0.05, 0.1) is 38.3 Å². The van der Waals surface area contributed by atoms with Crippen LogP contribution >= 0.6 is 0 Å². The molecule has 0 saturated heterocycles. The molecule has 0 radical (unpaired) electrons. The fraction of sp³-hybridized carbons (Fsp3) is 0.509. The Bertz CT molecular complexity index is 2190. The van der Waals surface area contributed by atoms with Crippen molar-refractivity contribution in [2.24, 2.45) is 23.7 Å². The number of unbranched alkanes of at least 4 members (excludes halogenated alkanes) is 6. The third-order valence-corrected chi connectivity index (χ3v) is 13.5. The maximum atomic E-state index is 13.5. The molecule has 2 saturated carbocycles. The predicted molar refractivity (Wildman–Crippen MR) is 263 cm³/mol. The van der Waals surface area contributed by atoms with Gasteiger partial charge in [0.2, 0.25) is 0 Å². The van der Waals surface area contributed by atoms with Crippen molar-refractivity contribution in [2.75, 3.05) is 26.4 Å². The number of ether oxygens (including phenoxy) is 6. The van der Waals surface area contributed by atoms with Gasteiger partial charge < -0.3 is 28.4 Å². The normalized spacial score (nSPS) is 17.7. The van der Waals surface area contributed by atoms with E-state index >= 15 is 0 Å². The molecule has 0 aliphatic heterocycles. The maximum absolute atomic E-state index is 13.5. The van der Waals surface area contributed by atoms with Gasteiger partial charge in [0, 0.05) is 36.8 Å². The van der Waals surface area contributed by atoms with Crippen LogP contribution in [0.5, 0.6) is 23.0 Å². The van der Waals surface area contributed by atoms with E-state index in [0.29, 0.717) is 108 Å². The van der Waals surface area contributed by atoms with E-state index in [1.165, 1.54) is 12.2 Å². The molecule has 0 heterocycles. The van der Waals surface area contributed by atoms with Gasteiger partial charge in [-0.2, -0.15) is 0 Å². The van der Waals surface area contributed by atoms with E-state index in [4.69, 9.17) is 28.4 Å². The Labute approximate surface area is 408 Å². The van der Waals surface area contributed by atoms with E-state index in [1.807, 2.05) is 69.3 Å². The van der Waals surface area contributed by atoms with E-state index in [1.54, 1.807) is 6.07 Å². The van der Waals surface area contributed by atoms with Crippen LogP contribution in [0.25, 0.3) is 0 Å². The molecule has 2 fully saturated rings. The van der Waals surface area contributed by atoms with E-state index in [-0.39, 0.29) is 47.2 Å². The van der Waals surface area contributed by atoms with Gasteiger partial charge in [-0.1, -0.05) is 37.4 Å². The highest BCUT2D eigenvalue weighted by molar-refractivity contribution is 5.85. The minimum Gasteiger partial charge on any atom is -0.494 e. The summed E-state index contributed by atoms with van der Waals surface area (Å²) in [6.07, 6.45) is 15.1. The number of benzene rings is 3. The smallest absolute Gasteiger partial charge is 0.330 e. The molecule has 12 nitrogen and oxygen atoms in total. The number of ketones is 2. The largest absolute Gasteiger partial charge is 0.494 e. The topological polar surface area (TPSA) is 158 Å². The number of carbonyl (C=O) groups is 6. The lowest BCUT2D eigenvalue weighted by Crippen LogP contribution is -2.30. The quantitative estimate of drug-likeness (QED) is 0.0294. The lowest BCUT2D eigenvalue weighted by atomic mass is 9.79. The monoisotopic (exact) mass is 949 g/mol. The Morgan fingerprint density at radius 1 is 0.493 bits per heavy atom. The fourth-order valence-corrected chi connectivity index (χ4v) is 9.02. The van der Waals surface area contributed by atoms with Crippen LogP contribution in [-0.2, 0) is 51.1 Å². The molecule has 3 aromatic carbocycles. The zero-order chi connectivity index (χ0) is 49.5. The summed E-state index contributed by atoms with van der Waals surface area (Å²) in [6.45, 7) is 14.3. The second-order valence-electron chi connectivity index (χ2n) is 18.6. The van der Waals surface area contributed by atoms with Crippen molar-refractivity contribution >= 4 is 35.4 Å². The highest BCUT2D eigenvalue weighted by Crippen LogP contribution is 2.38. The van der Waals surface area contributed by atoms with E-state index < -0.39 is 11.9 Å². The minimum atomic E-state index is -0.396. The first-order valence-corrected chi connectivity index (χ1v) is 25.0. The van der Waals surface area contributed by atoms with Gasteiger partial charge in [0.25, 0.3) is 0 Å². The first-order chi connectivity index (χ1) is 33.3. The number of esters is 4. The summed E-state index contributed by atoms with van der Waals surface area (Å²) in [6, 6.07) is 17.1. The molecule has 12 heteroatoms. The highest BCUT2D eigenvalue weighted by Gasteiger charge is 2.33. The van der Waals surface area contributed by atoms with Gasteiger partial charge in [0.1, 0.15) is 34.6 Å². The van der Waals surface area contributed by atoms with Gasteiger partial charge in [-0.25, -0.2) is 9.59 Å². The number of hydrogen-bond donors (Lipinski definition) is 0. The molecule has 0 atom stereocenters. The van der Waals surface area contributed by atoms with Crippen molar-refractivity contribution in [3.8, 4) is 23.0 Å². The van der Waals surface area contributed by atoms with Crippen LogP contribution in [0.1, 0.15) is 131 Å². The molecule has 0 N–H and O–H groups in total. The molecule has 69 heavy (non-hydrogen) atoms. The first-order valence-electron chi connectivity index (χ1n) is 25.0. The van der Waals surface area contributed by atoms with Crippen molar-refractivity contribution in [2.45, 2.75) is 136 Å². The van der Waals surface area contributed by atoms with Crippen molar-refractivity contribution in [3.63, 3.8) is 0 Å². The SMILES string of the molecule is C=CC(=O)OCCCCCCOc1ccc(CC(=O)C2CCC(C(=O)Oc3cc(C)c(OC(=O)C4CCC(C(=O)Cc5ccc(OCCCCCCOC(=O)C=C)cc5)CC4)c(C)c3C)CC2)cc1. The Balaban J connectivity index is 0.970. The Hall–Kier alpha value is -6.04. The van der Waals surface area contributed by atoms with Crippen LogP contribution < -0.4 is 18.9 Å².